The SMILES string of the molecule is O=C(NC1CCCNC1=O)c1cncc(O)c1. The molecule has 1 fully saturated rings. The fourth-order valence-corrected chi connectivity index (χ4v) is 1.70. The molecule has 0 aliphatic carbocycles. The van der Waals surface area contributed by atoms with E-state index in [4.69, 9.17) is 0 Å². The largest absolute Gasteiger partial charge is 0.506 e. The van der Waals surface area contributed by atoms with Crippen LogP contribution in [0.2, 0.25) is 0 Å². The van der Waals surface area contributed by atoms with Gasteiger partial charge in [-0.15, -0.1) is 0 Å². The van der Waals surface area contributed by atoms with Crippen molar-refractivity contribution in [3.05, 3.63) is 24.0 Å². The van der Waals surface area contributed by atoms with Gasteiger partial charge in [-0.1, -0.05) is 0 Å². The molecule has 6 heteroatoms. The number of amides is 2. The topological polar surface area (TPSA) is 91.3 Å². The van der Waals surface area contributed by atoms with E-state index in [0.717, 1.165) is 6.42 Å². The van der Waals surface area contributed by atoms with E-state index in [1.807, 2.05) is 0 Å². The fourth-order valence-electron chi connectivity index (χ4n) is 1.70. The van der Waals surface area contributed by atoms with Crippen molar-refractivity contribution in [1.29, 1.82) is 0 Å². The van der Waals surface area contributed by atoms with Crippen LogP contribution in [0.25, 0.3) is 0 Å². The smallest absolute Gasteiger partial charge is 0.253 e. The number of nitrogens with one attached hydrogen (secondary N) is 2. The van der Waals surface area contributed by atoms with Gasteiger partial charge in [0.1, 0.15) is 11.8 Å². The fraction of sp³-hybridized carbons (Fsp3) is 0.364. The summed E-state index contributed by atoms with van der Waals surface area (Å²) in [6.07, 6.45) is 4.05. The van der Waals surface area contributed by atoms with Crippen LogP contribution in [0, 0.1) is 0 Å². The van der Waals surface area contributed by atoms with E-state index in [2.05, 4.69) is 15.6 Å². The van der Waals surface area contributed by atoms with E-state index in [9.17, 15) is 14.7 Å². The van der Waals surface area contributed by atoms with Crippen molar-refractivity contribution < 1.29 is 14.7 Å². The Kier molecular flexibility index (Phi) is 3.22. The maximum absolute atomic E-state index is 11.8. The van der Waals surface area contributed by atoms with Gasteiger partial charge in [-0.2, -0.15) is 0 Å². The second-order valence-electron chi connectivity index (χ2n) is 3.89. The van der Waals surface area contributed by atoms with E-state index >= 15 is 0 Å². The molecule has 0 saturated carbocycles. The van der Waals surface area contributed by atoms with Gasteiger partial charge >= 0.3 is 0 Å². The van der Waals surface area contributed by atoms with E-state index in [1.165, 1.54) is 18.5 Å². The number of nitrogens with zero attached hydrogens (tertiary/aromatic N) is 1. The number of hydrogen-bond acceptors (Lipinski definition) is 4. The first-order valence-electron chi connectivity index (χ1n) is 5.39. The molecule has 1 aliphatic heterocycles. The minimum Gasteiger partial charge on any atom is -0.506 e. The van der Waals surface area contributed by atoms with Gasteiger partial charge in [0.25, 0.3) is 5.91 Å². The Morgan fingerprint density at radius 3 is 3.06 bits per heavy atom. The summed E-state index contributed by atoms with van der Waals surface area (Å²) in [7, 11) is 0. The molecule has 2 rings (SSSR count). The number of aromatic hydroxyl groups is 1. The van der Waals surface area contributed by atoms with E-state index in [0.29, 0.717) is 13.0 Å². The number of piperidine rings is 1. The molecule has 0 spiro atoms. The molecule has 0 radical (unpaired) electrons. The Hall–Kier alpha value is -2.11. The average molecular weight is 235 g/mol. The highest BCUT2D eigenvalue weighted by molar-refractivity contribution is 5.97. The molecule has 3 N–H and O–H groups in total. The Morgan fingerprint density at radius 2 is 2.35 bits per heavy atom. The van der Waals surface area contributed by atoms with Crippen molar-refractivity contribution in [3.8, 4) is 5.75 Å². The maximum atomic E-state index is 11.8. The molecule has 90 valence electrons. The van der Waals surface area contributed by atoms with Gasteiger partial charge in [-0.05, 0) is 18.9 Å². The lowest BCUT2D eigenvalue weighted by atomic mass is 10.1. The van der Waals surface area contributed by atoms with Gasteiger partial charge in [0.2, 0.25) is 5.91 Å². The third kappa shape index (κ3) is 2.72. The van der Waals surface area contributed by atoms with Crippen LogP contribution in [0.4, 0.5) is 0 Å². The minimum absolute atomic E-state index is 0.0780. The minimum atomic E-state index is -0.501. The molecule has 1 aromatic heterocycles. The van der Waals surface area contributed by atoms with E-state index < -0.39 is 11.9 Å². The molecule has 6 nitrogen and oxygen atoms in total. The average Bonchev–Trinajstić information content (AvgIpc) is 2.32. The quantitative estimate of drug-likeness (QED) is 0.661. The van der Waals surface area contributed by atoms with Crippen LogP contribution in [0.3, 0.4) is 0 Å². The first kappa shape index (κ1) is 11.4. The molecule has 1 unspecified atom stereocenters. The molecule has 1 aliphatic rings. The number of carbonyl (C=O) groups excluding carboxylic acids is 2. The van der Waals surface area contributed by atoms with Crippen molar-refractivity contribution in [2.75, 3.05) is 6.54 Å². The van der Waals surface area contributed by atoms with Crippen molar-refractivity contribution in [3.63, 3.8) is 0 Å². The highest BCUT2D eigenvalue weighted by Crippen LogP contribution is 2.09. The summed E-state index contributed by atoms with van der Waals surface area (Å²) in [4.78, 5) is 26.9. The first-order chi connectivity index (χ1) is 8.16. The van der Waals surface area contributed by atoms with Crippen LogP contribution in [0.1, 0.15) is 23.2 Å². The highest BCUT2D eigenvalue weighted by atomic mass is 16.3. The molecule has 2 heterocycles. The molecule has 1 aromatic rings. The van der Waals surface area contributed by atoms with E-state index in [-0.39, 0.29) is 17.2 Å². The predicted octanol–water partition coefficient (Wildman–Crippen LogP) is -0.204. The van der Waals surface area contributed by atoms with Crippen LogP contribution >= 0.6 is 0 Å². The Balaban J connectivity index is 2.03. The third-order valence-electron chi connectivity index (χ3n) is 2.58. The van der Waals surface area contributed by atoms with Gasteiger partial charge in [0.05, 0.1) is 11.8 Å². The molecule has 2 amide bonds. The van der Waals surface area contributed by atoms with Crippen molar-refractivity contribution >= 4 is 11.8 Å². The van der Waals surface area contributed by atoms with E-state index in [1.54, 1.807) is 0 Å². The van der Waals surface area contributed by atoms with Gasteiger partial charge in [0, 0.05) is 12.7 Å². The molecule has 1 saturated heterocycles. The van der Waals surface area contributed by atoms with Crippen LogP contribution in [-0.2, 0) is 4.79 Å². The standard InChI is InChI=1S/C11H13N3O3/c15-8-4-7(5-12-6-8)10(16)14-9-2-1-3-13-11(9)17/h4-6,9,15H,1-3H2,(H,13,17)(H,14,16). The monoisotopic (exact) mass is 235 g/mol. The second kappa shape index (κ2) is 4.82. The number of rotatable bonds is 2. The first-order valence-corrected chi connectivity index (χ1v) is 5.39. The summed E-state index contributed by atoms with van der Waals surface area (Å²) in [6.45, 7) is 0.652. The molecular formula is C11H13N3O3. The zero-order valence-corrected chi connectivity index (χ0v) is 9.14. The molecule has 0 aromatic carbocycles. The molecule has 17 heavy (non-hydrogen) atoms. The Labute approximate surface area is 98.1 Å². The lowest BCUT2D eigenvalue weighted by Gasteiger charge is -2.22. The maximum Gasteiger partial charge on any atom is 0.253 e. The van der Waals surface area contributed by atoms with Crippen molar-refractivity contribution in [2.24, 2.45) is 0 Å². The van der Waals surface area contributed by atoms with Gasteiger partial charge in [-0.3, -0.25) is 14.6 Å². The summed E-state index contributed by atoms with van der Waals surface area (Å²) in [5, 5.41) is 14.5. The summed E-state index contributed by atoms with van der Waals surface area (Å²) >= 11 is 0. The van der Waals surface area contributed by atoms with Crippen molar-refractivity contribution in [2.45, 2.75) is 18.9 Å². The lowest BCUT2D eigenvalue weighted by Crippen LogP contribution is -2.50. The molecule has 0 bridgehead atoms. The van der Waals surface area contributed by atoms with Gasteiger partial charge in [-0.25, -0.2) is 0 Å². The summed E-state index contributed by atoms with van der Waals surface area (Å²) in [6, 6.07) is 0.807. The van der Waals surface area contributed by atoms with Crippen LogP contribution in [-0.4, -0.2) is 34.5 Å². The van der Waals surface area contributed by atoms with Crippen LogP contribution in [0.5, 0.6) is 5.75 Å². The summed E-state index contributed by atoms with van der Waals surface area (Å²) < 4.78 is 0. The summed E-state index contributed by atoms with van der Waals surface area (Å²) in [5.74, 6) is -0.654. The normalized spacial score (nSPS) is 19.5. The zero-order valence-electron chi connectivity index (χ0n) is 9.14. The van der Waals surface area contributed by atoms with Crippen LogP contribution < -0.4 is 10.6 Å². The number of aromatic nitrogens is 1. The Bertz CT molecular complexity index is 447. The lowest BCUT2D eigenvalue weighted by molar-refractivity contribution is -0.124. The molecular weight excluding hydrogens is 222 g/mol. The summed E-state index contributed by atoms with van der Waals surface area (Å²) in [5.41, 5.74) is 0.239. The van der Waals surface area contributed by atoms with Gasteiger partial charge in [0.15, 0.2) is 0 Å². The number of pyridine rings is 1. The number of carbonyl (C=O) groups is 2. The highest BCUT2D eigenvalue weighted by Gasteiger charge is 2.24. The van der Waals surface area contributed by atoms with Gasteiger partial charge < -0.3 is 15.7 Å². The predicted molar refractivity (Wildman–Crippen MR) is 59.4 cm³/mol. The van der Waals surface area contributed by atoms with Crippen molar-refractivity contribution in [1.82, 2.24) is 15.6 Å². The zero-order chi connectivity index (χ0) is 12.3. The third-order valence-corrected chi connectivity index (χ3v) is 2.58. The Morgan fingerprint density at radius 1 is 1.53 bits per heavy atom. The second-order valence-corrected chi connectivity index (χ2v) is 3.89. The molecule has 1 atom stereocenters. The van der Waals surface area contributed by atoms with Crippen LogP contribution in [0.15, 0.2) is 18.5 Å². The number of hydrogen-bond donors (Lipinski definition) is 3.